The molecule has 0 saturated carbocycles. The average molecular weight is 255 g/mol. The first kappa shape index (κ1) is 13.4. The Morgan fingerprint density at radius 1 is 1.29 bits per heavy atom. The molecule has 0 aromatic heterocycles. The summed E-state index contributed by atoms with van der Waals surface area (Å²) < 4.78 is 22.6. The van der Waals surface area contributed by atoms with E-state index >= 15 is 0 Å². The van der Waals surface area contributed by atoms with Crippen molar-refractivity contribution in [2.45, 2.75) is 18.2 Å². The number of benzene rings is 1. The van der Waals surface area contributed by atoms with Crippen molar-refractivity contribution in [3.05, 3.63) is 24.3 Å². The zero-order chi connectivity index (χ0) is 13.1. The molecule has 0 spiro atoms. The summed E-state index contributed by atoms with van der Waals surface area (Å²) in [5.41, 5.74) is 0.360. The maximum absolute atomic E-state index is 11.3. The van der Waals surface area contributed by atoms with Crippen molar-refractivity contribution in [2.24, 2.45) is 0 Å². The van der Waals surface area contributed by atoms with E-state index in [0.717, 1.165) is 6.26 Å². The Bertz CT molecular complexity index is 548. The Morgan fingerprint density at radius 2 is 1.94 bits per heavy atom. The van der Waals surface area contributed by atoms with Gasteiger partial charge < -0.3 is 5.32 Å². The Kier molecular flexibility index (Phi) is 4.01. The number of sulfone groups is 1. The van der Waals surface area contributed by atoms with Gasteiger partial charge in [0, 0.05) is 11.9 Å². The van der Waals surface area contributed by atoms with Gasteiger partial charge in [-0.3, -0.25) is 9.59 Å². The van der Waals surface area contributed by atoms with E-state index in [4.69, 9.17) is 0 Å². The SMILES string of the molecule is CC(=O)CC(=O)Nc1cccc(S(C)(=O)=O)c1. The molecule has 0 heterocycles. The Morgan fingerprint density at radius 3 is 2.47 bits per heavy atom. The lowest BCUT2D eigenvalue weighted by Crippen LogP contribution is -2.14. The molecule has 0 saturated heterocycles. The minimum atomic E-state index is -3.30. The van der Waals surface area contributed by atoms with Crippen LogP contribution in [0.3, 0.4) is 0 Å². The second kappa shape index (κ2) is 5.09. The number of carbonyl (C=O) groups is 2. The number of amides is 1. The molecule has 0 aliphatic carbocycles. The molecule has 1 amide bonds. The van der Waals surface area contributed by atoms with Gasteiger partial charge in [0.15, 0.2) is 9.84 Å². The molecular weight excluding hydrogens is 242 g/mol. The molecule has 0 aliphatic rings. The van der Waals surface area contributed by atoms with Crippen LogP contribution in [0, 0.1) is 0 Å². The second-order valence-corrected chi connectivity index (χ2v) is 5.74. The number of carbonyl (C=O) groups excluding carboxylic acids is 2. The van der Waals surface area contributed by atoms with Crippen LogP contribution in [0.25, 0.3) is 0 Å². The highest BCUT2D eigenvalue weighted by molar-refractivity contribution is 7.90. The van der Waals surface area contributed by atoms with E-state index in [1.54, 1.807) is 6.07 Å². The molecule has 0 bridgehead atoms. The summed E-state index contributed by atoms with van der Waals surface area (Å²) >= 11 is 0. The fraction of sp³-hybridized carbons (Fsp3) is 0.273. The van der Waals surface area contributed by atoms with Gasteiger partial charge in [0.05, 0.1) is 11.3 Å². The molecule has 5 nitrogen and oxygen atoms in total. The van der Waals surface area contributed by atoms with E-state index in [0.29, 0.717) is 5.69 Å². The standard InChI is InChI=1S/C11H13NO4S/c1-8(13)6-11(14)12-9-4-3-5-10(7-9)17(2,15)16/h3-5,7H,6H2,1-2H3,(H,12,14). The van der Waals surface area contributed by atoms with E-state index in [2.05, 4.69) is 5.32 Å². The first-order valence-corrected chi connectivity index (χ1v) is 6.77. The van der Waals surface area contributed by atoms with Crippen LogP contribution in [-0.4, -0.2) is 26.4 Å². The molecule has 1 aromatic rings. The lowest BCUT2D eigenvalue weighted by Gasteiger charge is -2.05. The monoisotopic (exact) mass is 255 g/mol. The van der Waals surface area contributed by atoms with Gasteiger partial charge in [-0.15, -0.1) is 0 Å². The molecule has 0 fully saturated rings. The first-order valence-electron chi connectivity index (χ1n) is 4.88. The zero-order valence-corrected chi connectivity index (χ0v) is 10.4. The summed E-state index contributed by atoms with van der Waals surface area (Å²) in [5, 5.41) is 2.46. The highest BCUT2D eigenvalue weighted by Gasteiger charge is 2.09. The van der Waals surface area contributed by atoms with E-state index < -0.39 is 15.7 Å². The van der Waals surface area contributed by atoms with Crippen LogP contribution in [0.5, 0.6) is 0 Å². The fourth-order valence-corrected chi connectivity index (χ4v) is 1.90. The van der Waals surface area contributed by atoms with Gasteiger partial charge in [0.1, 0.15) is 5.78 Å². The van der Waals surface area contributed by atoms with Crippen LogP contribution in [0.1, 0.15) is 13.3 Å². The molecule has 0 unspecified atom stereocenters. The summed E-state index contributed by atoms with van der Waals surface area (Å²) in [7, 11) is -3.30. The van der Waals surface area contributed by atoms with E-state index in [1.807, 2.05) is 0 Å². The summed E-state index contributed by atoms with van der Waals surface area (Å²) in [6, 6.07) is 5.88. The van der Waals surface area contributed by atoms with Gasteiger partial charge in [-0.25, -0.2) is 8.42 Å². The van der Waals surface area contributed by atoms with Crippen molar-refractivity contribution < 1.29 is 18.0 Å². The predicted molar refractivity (Wildman–Crippen MR) is 63.5 cm³/mol. The van der Waals surface area contributed by atoms with Crippen molar-refractivity contribution >= 4 is 27.2 Å². The fourth-order valence-electron chi connectivity index (χ4n) is 1.24. The highest BCUT2D eigenvalue weighted by atomic mass is 32.2. The van der Waals surface area contributed by atoms with Crippen molar-refractivity contribution in [2.75, 3.05) is 11.6 Å². The lowest BCUT2D eigenvalue weighted by atomic mass is 10.2. The number of Topliss-reactive ketones (excluding diaryl/α,β-unsaturated/α-hetero) is 1. The van der Waals surface area contributed by atoms with E-state index in [9.17, 15) is 18.0 Å². The van der Waals surface area contributed by atoms with Gasteiger partial charge in [0.25, 0.3) is 0 Å². The van der Waals surface area contributed by atoms with Crippen LogP contribution in [0.2, 0.25) is 0 Å². The van der Waals surface area contributed by atoms with Crippen molar-refractivity contribution in [1.29, 1.82) is 0 Å². The van der Waals surface area contributed by atoms with Gasteiger partial charge in [-0.2, -0.15) is 0 Å². The van der Waals surface area contributed by atoms with Gasteiger partial charge in [0.2, 0.25) is 5.91 Å². The summed E-state index contributed by atoms with van der Waals surface area (Å²) in [5.74, 6) is -0.704. The zero-order valence-electron chi connectivity index (χ0n) is 9.56. The third kappa shape index (κ3) is 4.36. The Balaban J connectivity index is 2.87. The molecule has 6 heteroatoms. The van der Waals surface area contributed by atoms with Gasteiger partial charge >= 0.3 is 0 Å². The van der Waals surface area contributed by atoms with Crippen molar-refractivity contribution in [3.63, 3.8) is 0 Å². The van der Waals surface area contributed by atoms with Crippen molar-refractivity contribution in [3.8, 4) is 0 Å². The molecular formula is C11H13NO4S. The number of nitrogens with one attached hydrogen (secondary N) is 1. The van der Waals surface area contributed by atoms with Crippen molar-refractivity contribution in [1.82, 2.24) is 0 Å². The number of rotatable bonds is 4. The molecule has 0 aliphatic heterocycles. The maximum atomic E-state index is 11.3. The van der Waals surface area contributed by atoms with Crippen LogP contribution in [-0.2, 0) is 19.4 Å². The Hall–Kier alpha value is -1.69. The van der Waals surface area contributed by atoms with Gasteiger partial charge in [-0.05, 0) is 25.1 Å². The molecule has 1 N–H and O–H groups in total. The third-order valence-corrected chi connectivity index (χ3v) is 3.07. The topological polar surface area (TPSA) is 80.3 Å². The number of hydrogen-bond acceptors (Lipinski definition) is 4. The number of ketones is 1. The maximum Gasteiger partial charge on any atom is 0.231 e. The third-order valence-electron chi connectivity index (χ3n) is 1.96. The average Bonchev–Trinajstić information content (AvgIpc) is 2.15. The predicted octanol–water partition coefficient (Wildman–Crippen LogP) is 1.01. The Labute approximate surface area is 99.8 Å². The smallest absolute Gasteiger partial charge is 0.231 e. The summed E-state index contributed by atoms with van der Waals surface area (Å²) in [6.45, 7) is 1.31. The first-order chi connectivity index (χ1) is 7.79. The quantitative estimate of drug-likeness (QED) is 0.814. The summed E-state index contributed by atoms with van der Waals surface area (Å²) in [4.78, 5) is 22.1. The molecule has 1 rings (SSSR count). The van der Waals surface area contributed by atoms with Crippen LogP contribution < -0.4 is 5.32 Å². The van der Waals surface area contributed by atoms with Crippen LogP contribution in [0.4, 0.5) is 5.69 Å². The molecule has 17 heavy (non-hydrogen) atoms. The largest absolute Gasteiger partial charge is 0.326 e. The summed E-state index contributed by atoms with van der Waals surface area (Å²) in [6.07, 6.45) is 0.868. The molecule has 92 valence electrons. The van der Waals surface area contributed by atoms with E-state index in [-0.39, 0.29) is 17.1 Å². The minimum Gasteiger partial charge on any atom is -0.326 e. The lowest BCUT2D eigenvalue weighted by molar-refractivity contribution is -0.124. The minimum absolute atomic E-state index is 0.123. The normalized spacial score (nSPS) is 10.9. The van der Waals surface area contributed by atoms with Crippen LogP contribution >= 0.6 is 0 Å². The van der Waals surface area contributed by atoms with Crippen LogP contribution in [0.15, 0.2) is 29.2 Å². The number of hydrogen-bond donors (Lipinski definition) is 1. The number of anilines is 1. The van der Waals surface area contributed by atoms with E-state index in [1.165, 1.54) is 25.1 Å². The second-order valence-electron chi connectivity index (χ2n) is 3.73. The molecule has 0 radical (unpaired) electrons. The highest BCUT2D eigenvalue weighted by Crippen LogP contribution is 2.15. The van der Waals surface area contributed by atoms with Gasteiger partial charge in [-0.1, -0.05) is 6.07 Å². The molecule has 0 atom stereocenters. The molecule has 1 aromatic carbocycles.